The predicted octanol–water partition coefficient (Wildman–Crippen LogP) is 3.59. The lowest BCUT2D eigenvalue weighted by Gasteiger charge is -2.25. The lowest BCUT2D eigenvalue weighted by molar-refractivity contribution is 0.282. The van der Waals surface area contributed by atoms with Crippen LogP contribution in [0.4, 0.5) is 5.69 Å². The molecule has 0 aliphatic carbocycles. The summed E-state index contributed by atoms with van der Waals surface area (Å²) in [6.07, 6.45) is 6.62. The maximum absolute atomic E-state index is 9.43. The Labute approximate surface area is 111 Å². The molecule has 2 nitrogen and oxygen atoms in total. The van der Waals surface area contributed by atoms with Gasteiger partial charge in [0.05, 0.1) is 6.61 Å². The van der Waals surface area contributed by atoms with Crippen LogP contribution in [-0.4, -0.2) is 18.2 Å². The minimum atomic E-state index is 0.144. The molecule has 1 atom stereocenters. The van der Waals surface area contributed by atoms with Crippen molar-refractivity contribution in [3.63, 3.8) is 0 Å². The van der Waals surface area contributed by atoms with Crippen molar-refractivity contribution < 1.29 is 5.11 Å². The van der Waals surface area contributed by atoms with E-state index in [1.54, 1.807) is 0 Å². The SMILES string of the molecule is CCCC1CCCN(c2ccccc2CO)CC1. The molecule has 1 saturated heterocycles. The van der Waals surface area contributed by atoms with E-state index >= 15 is 0 Å². The molecule has 1 aliphatic rings. The normalized spacial score (nSPS) is 20.8. The summed E-state index contributed by atoms with van der Waals surface area (Å²) in [5.41, 5.74) is 2.29. The molecular weight excluding hydrogens is 222 g/mol. The van der Waals surface area contributed by atoms with Gasteiger partial charge in [0.1, 0.15) is 0 Å². The number of aliphatic hydroxyl groups is 1. The van der Waals surface area contributed by atoms with Crippen molar-refractivity contribution in [2.45, 2.75) is 45.6 Å². The smallest absolute Gasteiger partial charge is 0.0702 e. The van der Waals surface area contributed by atoms with E-state index in [0.717, 1.165) is 24.6 Å². The van der Waals surface area contributed by atoms with Gasteiger partial charge in [-0.25, -0.2) is 0 Å². The molecule has 1 heterocycles. The summed E-state index contributed by atoms with van der Waals surface area (Å²) in [6.45, 7) is 4.70. The standard InChI is InChI=1S/C16H25NO/c1-2-6-14-7-5-11-17(12-10-14)16-9-4-3-8-15(16)13-18/h3-4,8-9,14,18H,2,5-7,10-13H2,1H3. The molecule has 0 aromatic heterocycles. The summed E-state index contributed by atoms with van der Waals surface area (Å²) in [5, 5.41) is 9.43. The van der Waals surface area contributed by atoms with Crippen LogP contribution < -0.4 is 4.90 Å². The van der Waals surface area contributed by atoms with Gasteiger partial charge in [-0.1, -0.05) is 38.0 Å². The third-order valence-electron chi connectivity index (χ3n) is 4.05. The highest BCUT2D eigenvalue weighted by Crippen LogP contribution is 2.27. The fraction of sp³-hybridized carbons (Fsp3) is 0.625. The third-order valence-corrected chi connectivity index (χ3v) is 4.05. The van der Waals surface area contributed by atoms with Crippen molar-refractivity contribution in [1.29, 1.82) is 0 Å². The molecule has 1 aromatic rings. The van der Waals surface area contributed by atoms with E-state index < -0.39 is 0 Å². The van der Waals surface area contributed by atoms with Crippen molar-refractivity contribution in [2.75, 3.05) is 18.0 Å². The average molecular weight is 247 g/mol. The molecule has 2 rings (SSSR count). The van der Waals surface area contributed by atoms with Crippen LogP contribution in [0.25, 0.3) is 0 Å². The number of aliphatic hydroxyl groups excluding tert-OH is 1. The second-order valence-electron chi connectivity index (χ2n) is 5.36. The molecule has 1 aromatic carbocycles. The van der Waals surface area contributed by atoms with Crippen LogP contribution in [0.5, 0.6) is 0 Å². The number of anilines is 1. The number of rotatable bonds is 4. The maximum Gasteiger partial charge on any atom is 0.0702 e. The van der Waals surface area contributed by atoms with Gasteiger partial charge in [-0.3, -0.25) is 0 Å². The van der Waals surface area contributed by atoms with Crippen LogP contribution in [0.2, 0.25) is 0 Å². The Bertz CT molecular complexity index is 364. The minimum absolute atomic E-state index is 0.144. The molecule has 0 saturated carbocycles. The van der Waals surface area contributed by atoms with Gasteiger partial charge in [0.2, 0.25) is 0 Å². The van der Waals surface area contributed by atoms with Crippen LogP contribution in [-0.2, 0) is 6.61 Å². The second kappa shape index (κ2) is 6.79. The highest BCUT2D eigenvalue weighted by atomic mass is 16.3. The fourth-order valence-electron chi connectivity index (χ4n) is 3.06. The van der Waals surface area contributed by atoms with Crippen LogP contribution >= 0.6 is 0 Å². The molecule has 1 fully saturated rings. The highest BCUT2D eigenvalue weighted by molar-refractivity contribution is 5.53. The number of hydrogen-bond acceptors (Lipinski definition) is 2. The molecular formula is C16H25NO. The topological polar surface area (TPSA) is 23.5 Å². The van der Waals surface area contributed by atoms with Crippen molar-refractivity contribution in [3.05, 3.63) is 29.8 Å². The number of benzene rings is 1. The molecule has 1 unspecified atom stereocenters. The van der Waals surface area contributed by atoms with Gasteiger partial charge in [0.25, 0.3) is 0 Å². The van der Waals surface area contributed by atoms with E-state index in [-0.39, 0.29) is 6.61 Å². The molecule has 0 amide bonds. The first kappa shape index (κ1) is 13.4. The first-order chi connectivity index (χ1) is 8.85. The maximum atomic E-state index is 9.43. The van der Waals surface area contributed by atoms with Gasteiger partial charge in [0, 0.05) is 24.3 Å². The lowest BCUT2D eigenvalue weighted by atomic mass is 9.96. The largest absolute Gasteiger partial charge is 0.392 e. The quantitative estimate of drug-likeness (QED) is 0.879. The first-order valence-electron chi connectivity index (χ1n) is 7.29. The fourth-order valence-corrected chi connectivity index (χ4v) is 3.06. The number of para-hydroxylation sites is 1. The van der Waals surface area contributed by atoms with Gasteiger partial charge in [-0.15, -0.1) is 0 Å². The third kappa shape index (κ3) is 3.26. The van der Waals surface area contributed by atoms with E-state index in [2.05, 4.69) is 24.0 Å². The zero-order valence-electron chi connectivity index (χ0n) is 11.4. The van der Waals surface area contributed by atoms with Crippen molar-refractivity contribution in [1.82, 2.24) is 0 Å². The Morgan fingerprint density at radius 3 is 2.83 bits per heavy atom. The van der Waals surface area contributed by atoms with Crippen LogP contribution in [0, 0.1) is 5.92 Å². The molecule has 0 spiro atoms. The van der Waals surface area contributed by atoms with E-state index in [4.69, 9.17) is 0 Å². The lowest BCUT2D eigenvalue weighted by Crippen LogP contribution is -2.25. The monoisotopic (exact) mass is 247 g/mol. The van der Waals surface area contributed by atoms with Gasteiger partial charge in [-0.2, -0.15) is 0 Å². The molecule has 1 N–H and O–H groups in total. The Kier molecular flexibility index (Phi) is 5.06. The van der Waals surface area contributed by atoms with Crippen LogP contribution in [0.15, 0.2) is 24.3 Å². The summed E-state index contributed by atoms with van der Waals surface area (Å²) < 4.78 is 0. The molecule has 2 heteroatoms. The molecule has 1 aliphatic heterocycles. The minimum Gasteiger partial charge on any atom is -0.392 e. The molecule has 0 radical (unpaired) electrons. The van der Waals surface area contributed by atoms with Crippen molar-refractivity contribution in [3.8, 4) is 0 Å². The summed E-state index contributed by atoms with van der Waals surface area (Å²) in [5.74, 6) is 0.904. The Balaban J connectivity index is 2.05. The van der Waals surface area contributed by atoms with Gasteiger partial charge >= 0.3 is 0 Å². The zero-order chi connectivity index (χ0) is 12.8. The van der Waals surface area contributed by atoms with Crippen LogP contribution in [0.1, 0.15) is 44.6 Å². The van der Waals surface area contributed by atoms with E-state index in [1.807, 2.05) is 12.1 Å². The summed E-state index contributed by atoms with van der Waals surface area (Å²) in [7, 11) is 0. The summed E-state index contributed by atoms with van der Waals surface area (Å²) in [6, 6.07) is 8.26. The van der Waals surface area contributed by atoms with E-state index in [1.165, 1.54) is 37.8 Å². The highest BCUT2D eigenvalue weighted by Gasteiger charge is 2.17. The summed E-state index contributed by atoms with van der Waals surface area (Å²) in [4.78, 5) is 2.46. The number of hydrogen-bond donors (Lipinski definition) is 1. The first-order valence-corrected chi connectivity index (χ1v) is 7.29. The van der Waals surface area contributed by atoms with Crippen LogP contribution in [0.3, 0.4) is 0 Å². The molecule has 18 heavy (non-hydrogen) atoms. The van der Waals surface area contributed by atoms with Gasteiger partial charge in [0.15, 0.2) is 0 Å². The van der Waals surface area contributed by atoms with Crippen molar-refractivity contribution in [2.24, 2.45) is 5.92 Å². The second-order valence-corrected chi connectivity index (χ2v) is 5.36. The predicted molar refractivity (Wildman–Crippen MR) is 76.8 cm³/mol. The Hall–Kier alpha value is -1.02. The zero-order valence-corrected chi connectivity index (χ0v) is 11.4. The van der Waals surface area contributed by atoms with E-state index in [0.29, 0.717) is 0 Å². The molecule has 0 bridgehead atoms. The van der Waals surface area contributed by atoms with Crippen molar-refractivity contribution >= 4 is 5.69 Å². The van der Waals surface area contributed by atoms with E-state index in [9.17, 15) is 5.11 Å². The number of nitrogens with zero attached hydrogens (tertiary/aromatic N) is 1. The average Bonchev–Trinajstić information content (AvgIpc) is 2.65. The van der Waals surface area contributed by atoms with Gasteiger partial charge in [-0.05, 0) is 31.2 Å². The van der Waals surface area contributed by atoms with Gasteiger partial charge < -0.3 is 10.0 Å². The Morgan fingerprint density at radius 1 is 1.22 bits per heavy atom. The summed E-state index contributed by atoms with van der Waals surface area (Å²) >= 11 is 0. The Morgan fingerprint density at radius 2 is 2.06 bits per heavy atom. The molecule has 100 valence electrons.